The Hall–Kier alpha value is -1.99. The van der Waals surface area contributed by atoms with E-state index in [9.17, 15) is 9.90 Å². The van der Waals surface area contributed by atoms with Crippen molar-refractivity contribution >= 4 is 23.2 Å². The monoisotopic (exact) mass is 250 g/mol. The third-order valence-electron chi connectivity index (χ3n) is 2.06. The molecule has 1 aromatic rings. The predicted octanol–water partition coefficient (Wildman–Crippen LogP) is 3.02. The summed E-state index contributed by atoms with van der Waals surface area (Å²) in [4.78, 5) is 11.6. The number of hydrogen-bond acceptors (Lipinski definition) is 3. The van der Waals surface area contributed by atoms with Gasteiger partial charge in [0.2, 0.25) is 0 Å². The number of aliphatic hydroxyl groups excluding tert-OH is 1. The molecule has 0 bridgehead atoms. The molecule has 0 heterocycles. The summed E-state index contributed by atoms with van der Waals surface area (Å²) in [5.74, 6) is -0.854. The first-order chi connectivity index (χ1) is 8.08. The summed E-state index contributed by atoms with van der Waals surface area (Å²) >= 11 is 5.70. The number of aliphatic hydroxyl groups is 1. The molecular formula is C12H11ClN2O2. The van der Waals surface area contributed by atoms with Crippen LogP contribution in [0.15, 0.2) is 35.6 Å². The number of hydrogen-bond donors (Lipinski definition) is 2. The van der Waals surface area contributed by atoms with Crippen LogP contribution in [0.3, 0.4) is 0 Å². The number of carbonyl (C=O) groups is 1. The van der Waals surface area contributed by atoms with Crippen LogP contribution in [0.4, 0.5) is 5.69 Å². The maximum Gasteiger partial charge on any atom is 0.269 e. The first kappa shape index (κ1) is 13.1. The average Bonchev–Trinajstić information content (AvgIpc) is 2.32. The summed E-state index contributed by atoms with van der Waals surface area (Å²) in [6, 6.07) is 8.13. The Morgan fingerprint density at radius 2 is 2.06 bits per heavy atom. The molecule has 0 aromatic heterocycles. The van der Waals surface area contributed by atoms with Gasteiger partial charge in [0.1, 0.15) is 11.8 Å². The van der Waals surface area contributed by atoms with E-state index in [0.717, 1.165) is 0 Å². The molecule has 0 atom stereocenters. The Morgan fingerprint density at radius 1 is 1.47 bits per heavy atom. The van der Waals surface area contributed by atoms with Crippen LogP contribution >= 0.6 is 11.6 Å². The Balaban J connectivity index is 2.86. The minimum atomic E-state index is -0.630. The van der Waals surface area contributed by atoms with E-state index >= 15 is 0 Å². The summed E-state index contributed by atoms with van der Waals surface area (Å²) in [5.41, 5.74) is 0.235. The number of benzene rings is 1. The number of nitrogens with one attached hydrogen (secondary N) is 1. The van der Waals surface area contributed by atoms with Crippen LogP contribution in [0, 0.1) is 11.3 Å². The number of amides is 1. The molecule has 0 aliphatic rings. The van der Waals surface area contributed by atoms with Crippen molar-refractivity contribution in [1.82, 2.24) is 0 Å². The Bertz CT molecular complexity index is 486. The van der Waals surface area contributed by atoms with Gasteiger partial charge in [0.05, 0.1) is 0 Å². The fourth-order valence-corrected chi connectivity index (χ4v) is 1.28. The number of anilines is 1. The molecule has 0 spiro atoms. The maximum atomic E-state index is 11.6. The third kappa shape index (κ3) is 3.51. The molecule has 2 N–H and O–H groups in total. The Morgan fingerprint density at radius 3 is 2.53 bits per heavy atom. The highest BCUT2D eigenvalue weighted by Gasteiger charge is 2.13. The van der Waals surface area contributed by atoms with Crippen molar-refractivity contribution in [1.29, 1.82) is 5.26 Å². The first-order valence-corrected chi connectivity index (χ1v) is 5.35. The zero-order valence-electron chi connectivity index (χ0n) is 9.20. The van der Waals surface area contributed by atoms with Gasteiger partial charge in [0, 0.05) is 17.1 Å². The second-order valence-corrected chi connectivity index (χ2v) is 3.68. The van der Waals surface area contributed by atoms with Crippen LogP contribution < -0.4 is 5.32 Å². The minimum Gasteiger partial charge on any atom is -0.511 e. The number of carbonyl (C=O) groups excluding carboxylic acids is 1. The topological polar surface area (TPSA) is 73.1 Å². The molecule has 5 heteroatoms. The molecular weight excluding hydrogens is 240 g/mol. The van der Waals surface area contributed by atoms with Gasteiger partial charge in [-0.25, -0.2) is 0 Å². The van der Waals surface area contributed by atoms with E-state index in [4.69, 9.17) is 16.9 Å². The standard InChI is InChI=1S/C12H11ClN2O2/c1-2-11(16)10(7-14)12(17)15-9-5-3-8(13)4-6-9/h3-6,16H,2H2,1H3,(H,15,17)/b11-10-. The molecule has 1 amide bonds. The van der Waals surface area contributed by atoms with Gasteiger partial charge in [-0.15, -0.1) is 0 Å². The van der Waals surface area contributed by atoms with E-state index in [0.29, 0.717) is 10.7 Å². The highest BCUT2D eigenvalue weighted by molar-refractivity contribution is 6.30. The second-order valence-electron chi connectivity index (χ2n) is 3.25. The largest absolute Gasteiger partial charge is 0.511 e. The van der Waals surface area contributed by atoms with E-state index in [1.807, 2.05) is 0 Å². The predicted molar refractivity (Wildman–Crippen MR) is 65.6 cm³/mol. The molecule has 0 radical (unpaired) electrons. The third-order valence-corrected chi connectivity index (χ3v) is 2.32. The Labute approximate surface area is 104 Å². The summed E-state index contributed by atoms with van der Waals surface area (Å²) in [6.07, 6.45) is 0.233. The van der Waals surface area contributed by atoms with E-state index in [1.54, 1.807) is 37.3 Å². The zero-order valence-corrected chi connectivity index (χ0v) is 9.95. The van der Waals surface area contributed by atoms with Gasteiger partial charge in [-0.3, -0.25) is 4.79 Å². The van der Waals surface area contributed by atoms with Gasteiger partial charge in [-0.2, -0.15) is 5.26 Å². The normalized spacial score (nSPS) is 11.4. The lowest BCUT2D eigenvalue weighted by Crippen LogP contribution is -2.15. The van der Waals surface area contributed by atoms with Gasteiger partial charge in [0.25, 0.3) is 5.91 Å². The number of rotatable bonds is 3. The number of nitriles is 1. The van der Waals surface area contributed by atoms with Gasteiger partial charge in [0.15, 0.2) is 5.57 Å². The SMILES string of the molecule is CC/C(O)=C(\C#N)C(=O)Nc1ccc(Cl)cc1. The van der Waals surface area contributed by atoms with E-state index in [1.165, 1.54) is 0 Å². The second kappa shape index (κ2) is 5.92. The van der Waals surface area contributed by atoms with Crippen molar-refractivity contribution in [2.75, 3.05) is 5.32 Å². The van der Waals surface area contributed by atoms with Crippen molar-refractivity contribution in [3.8, 4) is 6.07 Å². The molecule has 1 aromatic carbocycles. The van der Waals surface area contributed by atoms with E-state index in [2.05, 4.69) is 5.32 Å². The highest BCUT2D eigenvalue weighted by atomic mass is 35.5. The molecule has 0 saturated carbocycles. The quantitative estimate of drug-likeness (QED) is 0.492. The molecule has 1 rings (SSSR count). The van der Waals surface area contributed by atoms with Gasteiger partial charge < -0.3 is 10.4 Å². The molecule has 0 fully saturated rings. The fraction of sp³-hybridized carbons (Fsp3) is 0.167. The van der Waals surface area contributed by atoms with Crippen LogP contribution in [0.25, 0.3) is 0 Å². The van der Waals surface area contributed by atoms with Crippen molar-refractivity contribution in [3.63, 3.8) is 0 Å². The summed E-state index contributed by atoms with van der Waals surface area (Å²) < 4.78 is 0. The molecule has 0 unspecified atom stereocenters. The molecule has 0 aliphatic carbocycles. The smallest absolute Gasteiger partial charge is 0.269 e. The maximum absolute atomic E-state index is 11.6. The lowest BCUT2D eigenvalue weighted by atomic mass is 10.2. The molecule has 88 valence electrons. The summed E-state index contributed by atoms with van der Waals surface area (Å²) in [5, 5.41) is 21.2. The average molecular weight is 251 g/mol. The van der Waals surface area contributed by atoms with Crippen LogP contribution in [0.2, 0.25) is 5.02 Å². The molecule has 17 heavy (non-hydrogen) atoms. The fourth-order valence-electron chi connectivity index (χ4n) is 1.15. The number of nitrogens with zero attached hydrogens (tertiary/aromatic N) is 1. The molecule has 4 nitrogen and oxygen atoms in total. The lowest BCUT2D eigenvalue weighted by molar-refractivity contribution is -0.112. The zero-order chi connectivity index (χ0) is 12.8. The van der Waals surface area contributed by atoms with Gasteiger partial charge in [-0.1, -0.05) is 18.5 Å². The van der Waals surface area contributed by atoms with Crippen molar-refractivity contribution < 1.29 is 9.90 Å². The first-order valence-electron chi connectivity index (χ1n) is 4.97. The van der Waals surface area contributed by atoms with E-state index < -0.39 is 5.91 Å². The van der Waals surface area contributed by atoms with Gasteiger partial charge >= 0.3 is 0 Å². The highest BCUT2D eigenvalue weighted by Crippen LogP contribution is 2.15. The molecule has 0 aliphatic heterocycles. The van der Waals surface area contributed by atoms with Crippen molar-refractivity contribution in [3.05, 3.63) is 40.6 Å². The lowest BCUT2D eigenvalue weighted by Gasteiger charge is -2.05. The Kier molecular flexibility index (Phi) is 4.56. The van der Waals surface area contributed by atoms with Crippen LogP contribution in [-0.2, 0) is 4.79 Å². The van der Waals surface area contributed by atoms with Crippen LogP contribution in [0.5, 0.6) is 0 Å². The minimum absolute atomic E-state index is 0.223. The summed E-state index contributed by atoms with van der Waals surface area (Å²) in [7, 11) is 0. The van der Waals surface area contributed by atoms with Crippen LogP contribution in [-0.4, -0.2) is 11.0 Å². The van der Waals surface area contributed by atoms with E-state index in [-0.39, 0.29) is 17.8 Å². The van der Waals surface area contributed by atoms with Gasteiger partial charge in [-0.05, 0) is 24.3 Å². The molecule has 0 saturated heterocycles. The summed E-state index contributed by atoms with van der Waals surface area (Å²) in [6.45, 7) is 1.66. The van der Waals surface area contributed by atoms with Crippen LogP contribution in [0.1, 0.15) is 13.3 Å². The van der Waals surface area contributed by atoms with Crippen molar-refractivity contribution in [2.24, 2.45) is 0 Å². The van der Waals surface area contributed by atoms with Crippen molar-refractivity contribution in [2.45, 2.75) is 13.3 Å². The number of halogens is 1. The number of allylic oxidation sites excluding steroid dienone is 1.